The summed E-state index contributed by atoms with van der Waals surface area (Å²) < 4.78 is 1.04. The minimum absolute atomic E-state index is 0. The van der Waals surface area contributed by atoms with E-state index in [0.29, 0.717) is 0 Å². The van der Waals surface area contributed by atoms with Crippen LogP contribution in [0.15, 0.2) is 22.7 Å². The molecule has 0 saturated heterocycles. The van der Waals surface area contributed by atoms with Gasteiger partial charge >= 0.3 is 0 Å². The molecule has 0 fully saturated rings. The van der Waals surface area contributed by atoms with Gasteiger partial charge in [0.15, 0.2) is 0 Å². The van der Waals surface area contributed by atoms with Crippen LogP contribution in [-0.4, -0.2) is 19.0 Å². The second-order valence-electron chi connectivity index (χ2n) is 3.62. The molecular formula is C11H16BrClN2O. The molecule has 0 heterocycles. The normalized spacial score (nSPS) is 11.6. The number of nitrogens with zero attached hydrogens (tertiary/aromatic N) is 1. The summed E-state index contributed by atoms with van der Waals surface area (Å²) in [6.45, 7) is 3.67. The first-order chi connectivity index (χ1) is 6.93. The van der Waals surface area contributed by atoms with Crippen molar-refractivity contribution in [3.63, 3.8) is 0 Å². The number of rotatable bonds is 2. The molecule has 1 atom stereocenters. The van der Waals surface area contributed by atoms with E-state index in [4.69, 9.17) is 5.73 Å². The first-order valence-electron chi connectivity index (χ1n) is 4.72. The van der Waals surface area contributed by atoms with Crippen molar-refractivity contribution >= 4 is 39.9 Å². The number of carbonyl (C=O) groups is 1. The molecule has 1 amide bonds. The highest BCUT2D eigenvalue weighted by atomic mass is 79.9. The van der Waals surface area contributed by atoms with Gasteiger partial charge in [-0.15, -0.1) is 12.4 Å². The minimum atomic E-state index is -0.473. The van der Waals surface area contributed by atoms with E-state index in [-0.39, 0.29) is 18.3 Å². The van der Waals surface area contributed by atoms with Gasteiger partial charge in [0.05, 0.1) is 6.04 Å². The van der Waals surface area contributed by atoms with Crippen LogP contribution >= 0.6 is 28.3 Å². The zero-order valence-electron chi connectivity index (χ0n) is 9.53. The second kappa shape index (κ2) is 6.23. The van der Waals surface area contributed by atoms with Crippen LogP contribution in [0.25, 0.3) is 0 Å². The highest BCUT2D eigenvalue weighted by Crippen LogP contribution is 2.22. The van der Waals surface area contributed by atoms with Crippen LogP contribution in [-0.2, 0) is 4.79 Å². The predicted molar refractivity (Wildman–Crippen MR) is 73.2 cm³/mol. The first-order valence-corrected chi connectivity index (χ1v) is 5.52. The summed E-state index contributed by atoms with van der Waals surface area (Å²) in [5.74, 6) is -0.0864. The van der Waals surface area contributed by atoms with Gasteiger partial charge in [0, 0.05) is 17.2 Å². The largest absolute Gasteiger partial charge is 0.320 e. The summed E-state index contributed by atoms with van der Waals surface area (Å²) in [5, 5.41) is 0. The zero-order chi connectivity index (χ0) is 11.6. The molecular weight excluding hydrogens is 291 g/mol. The molecule has 1 aromatic carbocycles. The van der Waals surface area contributed by atoms with Crippen molar-refractivity contribution in [3.05, 3.63) is 28.2 Å². The quantitative estimate of drug-likeness (QED) is 0.912. The van der Waals surface area contributed by atoms with Crippen LogP contribution in [0.2, 0.25) is 0 Å². The van der Waals surface area contributed by atoms with Gasteiger partial charge in [-0.25, -0.2) is 0 Å². The Kier molecular flexibility index (Phi) is 6.00. The van der Waals surface area contributed by atoms with Gasteiger partial charge in [0.1, 0.15) is 0 Å². The lowest BCUT2D eigenvalue weighted by molar-refractivity contribution is -0.119. The molecule has 1 aromatic rings. The topological polar surface area (TPSA) is 46.3 Å². The molecule has 16 heavy (non-hydrogen) atoms. The molecule has 0 aliphatic rings. The van der Waals surface area contributed by atoms with Gasteiger partial charge in [-0.2, -0.15) is 0 Å². The Balaban J connectivity index is 0.00000225. The molecule has 0 aliphatic heterocycles. The highest BCUT2D eigenvalue weighted by Gasteiger charge is 2.15. The third-order valence-corrected chi connectivity index (χ3v) is 3.14. The first kappa shape index (κ1) is 15.4. The van der Waals surface area contributed by atoms with Crippen LogP contribution in [0.1, 0.15) is 12.5 Å². The van der Waals surface area contributed by atoms with Crippen molar-refractivity contribution in [2.45, 2.75) is 19.9 Å². The Morgan fingerprint density at radius 3 is 2.50 bits per heavy atom. The van der Waals surface area contributed by atoms with Crippen LogP contribution in [0.4, 0.5) is 5.69 Å². The average molecular weight is 308 g/mol. The molecule has 1 rings (SSSR count). The number of hydrogen-bond acceptors (Lipinski definition) is 2. The SMILES string of the molecule is Cc1cc(N(C)C(=O)C(C)N)ccc1Br.Cl. The molecule has 0 radical (unpaired) electrons. The molecule has 90 valence electrons. The molecule has 1 unspecified atom stereocenters. The number of aryl methyl sites for hydroxylation is 1. The van der Waals surface area contributed by atoms with E-state index in [9.17, 15) is 4.79 Å². The van der Waals surface area contributed by atoms with Gasteiger partial charge in [0.25, 0.3) is 0 Å². The van der Waals surface area contributed by atoms with E-state index in [0.717, 1.165) is 15.7 Å². The van der Waals surface area contributed by atoms with E-state index >= 15 is 0 Å². The van der Waals surface area contributed by atoms with Gasteiger partial charge in [-0.3, -0.25) is 4.79 Å². The maximum absolute atomic E-state index is 11.6. The third-order valence-electron chi connectivity index (χ3n) is 2.25. The van der Waals surface area contributed by atoms with Crippen LogP contribution < -0.4 is 10.6 Å². The molecule has 0 aromatic heterocycles. The number of carbonyl (C=O) groups excluding carboxylic acids is 1. The maximum Gasteiger partial charge on any atom is 0.243 e. The number of anilines is 1. The fourth-order valence-corrected chi connectivity index (χ4v) is 1.52. The van der Waals surface area contributed by atoms with Crippen molar-refractivity contribution in [2.75, 3.05) is 11.9 Å². The van der Waals surface area contributed by atoms with Crippen molar-refractivity contribution in [1.29, 1.82) is 0 Å². The number of likely N-dealkylation sites (N-methyl/N-ethyl adjacent to an activating group) is 1. The fourth-order valence-electron chi connectivity index (χ4n) is 1.27. The van der Waals surface area contributed by atoms with E-state index in [1.54, 1.807) is 18.9 Å². The Labute approximate surface area is 111 Å². The van der Waals surface area contributed by atoms with Crippen molar-refractivity contribution in [2.24, 2.45) is 5.73 Å². The molecule has 0 spiro atoms. The lowest BCUT2D eigenvalue weighted by Crippen LogP contribution is -2.39. The number of amides is 1. The van der Waals surface area contributed by atoms with Gasteiger partial charge < -0.3 is 10.6 Å². The summed E-state index contributed by atoms with van der Waals surface area (Å²) in [4.78, 5) is 13.2. The summed E-state index contributed by atoms with van der Waals surface area (Å²) in [6.07, 6.45) is 0. The highest BCUT2D eigenvalue weighted by molar-refractivity contribution is 9.10. The Morgan fingerprint density at radius 2 is 2.06 bits per heavy atom. The van der Waals surface area contributed by atoms with Crippen molar-refractivity contribution in [3.8, 4) is 0 Å². The number of halogens is 2. The monoisotopic (exact) mass is 306 g/mol. The van der Waals surface area contributed by atoms with E-state index in [1.807, 2.05) is 25.1 Å². The zero-order valence-corrected chi connectivity index (χ0v) is 11.9. The van der Waals surface area contributed by atoms with Gasteiger partial charge in [0.2, 0.25) is 5.91 Å². The molecule has 0 aliphatic carbocycles. The molecule has 3 nitrogen and oxygen atoms in total. The van der Waals surface area contributed by atoms with Crippen LogP contribution in [0, 0.1) is 6.92 Å². The molecule has 0 saturated carbocycles. The van der Waals surface area contributed by atoms with E-state index in [2.05, 4.69) is 15.9 Å². The molecule has 0 bridgehead atoms. The smallest absolute Gasteiger partial charge is 0.243 e. The summed E-state index contributed by atoms with van der Waals surface area (Å²) in [7, 11) is 1.73. The van der Waals surface area contributed by atoms with Gasteiger partial charge in [-0.1, -0.05) is 15.9 Å². The van der Waals surface area contributed by atoms with Gasteiger partial charge in [-0.05, 0) is 37.6 Å². The summed E-state index contributed by atoms with van der Waals surface area (Å²) >= 11 is 3.42. The second-order valence-corrected chi connectivity index (χ2v) is 4.47. The molecule has 2 N–H and O–H groups in total. The number of hydrogen-bond donors (Lipinski definition) is 1. The number of nitrogens with two attached hydrogens (primary N) is 1. The molecule has 5 heteroatoms. The Bertz CT molecular complexity index is 382. The fraction of sp³-hybridized carbons (Fsp3) is 0.364. The predicted octanol–water partition coefficient (Wildman–Crippen LogP) is 2.49. The summed E-state index contributed by atoms with van der Waals surface area (Å²) in [6, 6.07) is 5.29. The standard InChI is InChI=1S/C11H15BrN2O.ClH/c1-7-6-9(4-5-10(7)12)14(3)11(15)8(2)13;/h4-6,8H,13H2,1-3H3;1H. The van der Waals surface area contributed by atoms with Crippen LogP contribution in [0.3, 0.4) is 0 Å². The lowest BCUT2D eigenvalue weighted by atomic mass is 10.2. The van der Waals surface area contributed by atoms with E-state index < -0.39 is 6.04 Å². The minimum Gasteiger partial charge on any atom is -0.320 e. The van der Waals surface area contributed by atoms with Crippen molar-refractivity contribution < 1.29 is 4.79 Å². The average Bonchev–Trinajstić information content (AvgIpc) is 2.19. The van der Waals surface area contributed by atoms with E-state index in [1.165, 1.54) is 0 Å². The number of benzene rings is 1. The Morgan fingerprint density at radius 1 is 1.50 bits per heavy atom. The van der Waals surface area contributed by atoms with Crippen molar-refractivity contribution in [1.82, 2.24) is 0 Å². The van der Waals surface area contributed by atoms with Crippen LogP contribution in [0.5, 0.6) is 0 Å². The summed E-state index contributed by atoms with van der Waals surface area (Å²) in [5.41, 5.74) is 7.50. The Hall–Kier alpha value is -0.580. The maximum atomic E-state index is 11.6. The third kappa shape index (κ3) is 3.47. The lowest BCUT2D eigenvalue weighted by Gasteiger charge is -2.20.